The van der Waals surface area contributed by atoms with Crippen molar-refractivity contribution in [2.75, 3.05) is 50.7 Å². The third-order valence-electron chi connectivity index (χ3n) is 6.46. The SMILES string of the molecule is CCNC(=NCc1cccnc1N1CCC(C(N)=O)CC1)NCCCN1CCCCCC1. The summed E-state index contributed by atoms with van der Waals surface area (Å²) in [6.07, 6.45) is 9.96. The zero-order valence-corrected chi connectivity index (χ0v) is 19.7. The van der Waals surface area contributed by atoms with Gasteiger partial charge in [0.25, 0.3) is 0 Å². The van der Waals surface area contributed by atoms with E-state index in [2.05, 4.69) is 38.4 Å². The molecule has 32 heavy (non-hydrogen) atoms. The van der Waals surface area contributed by atoms with Crippen LogP contribution in [0.4, 0.5) is 5.82 Å². The highest BCUT2D eigenvalue weighted by atomic mass is 16.1. The number of nitrogens with one attached hydrogen (secondary N) is 2. The fourth-order valence-corrected chi connectivity index (χ4v) is 4.59. The largest absolute Gasteiger partial charge is 0.369 e. The Balaban J connectivity index is 1.51. The number of pyridine rings is 1. The summed E-state index contributed by atoms with van der Waals surface area (Å²) in [5.74, 6) is 1.62. The van der Waals surface area contributed by atoms with Crippen LogP contribution in [0.25, 0.3) is 0 Å². The Morgan fingerprint density at radius 2 is 1.91 bits per heavy atom. The Morgan fingerprint density at radius 1 is 1.16 bits per heavy atom. The lowest BCUT2D eigenvalue weighted by molar-refractivity contribution is -0.122. The second-order valence-corrected chi connectivity index (χ2v) is 8.88. The average molecular weight is 444 g/mol. The van der Waals surface area contributed by atoms with Gasteiger partial charge in [-0.3, -0.25) is 4.79 Å². The first-order valence-corrected chi connectivity index (χ1v) is 12.4. The van der Waals surface area contributed by atoms with E-state index in [0.717, 1.165) is 69.3 Å². The molecule has 2 saturated heterocycles. The van der Waals surface area contributed by atoms with Gasteiger partial charge >= 0.3 is 0 Å². The summed E-state index contributed by atoms with van der Waals surface area (Å²) in [4.78, 5) is 25.8. The van der Waals surface area contributed by atoms with Gasteiger partial charge in [0.15, 0.2) is 5.96 Å². The molecule has 2 fully saturated rings. The summed E-state index contributed by atoms with van der Waals surface area (Å²) in [6, 6.07) is 4.06. The van der Waals surface area contributed by atoms with Crippen LogP contribution < -0.4 is 21.3 Å². The molecule has 0 aliphatic carbocycles. The van der Waals surface area contributed by atoms with Crippen molar-refractivity contribution in [3.63, 3.8) is 0 Å². The van der Waals surface area contributed by atoms with Crippen molar-refractivity contribution in [3.05, 3.63) is 23.9 Å². The van der Waals surface area contributed by atoms with Crippen LogP contribution in [0, 0.1) is 5.92 Å². The summed E-state index contributed by atoms with van der Waals surface area (Å²) >= 11 is 0. The molecular weight excluding hydrogens is 402 g/mol. The number of hydrogen-bond donors (Lipinski definition) is 3. The Hall–Kier alpha value is -2.35. The molecule has 8 heteroatoms. The molecule has 0 saturated carbocycles. The lowest BCUT2D eigenvalue weighted by Crippen LogP contribution is -2.39. The lowest BCUT2D eigenvalue weighted by atomic mass is 9.96. The minimum absolute atomic E-state index is 0.0182. The van der Waals surface area contributed by atoms with Crippen molar-refractivity contribution in [1.82, 2.24) is 20.5 Å². The first kappa shape index (κ1) is 24.3. The predicted molar refractivity (Wildman–Crippen MR) is 131 cm³/mol. The molecule has 2 aliphatic heterocycles. The van der Waals surface area contributed by atoms with Gasteiger partial charge in [-0.1, -0.05) is 18.9 Å². The molecule has 0 aromatic carbocycles. The van der Waals surface area contributed by atoms with Crippen LogP contribution in [-0.4, -0.2) is 67.6 Å². The number of hydrogen-bond acceptors (Lipinski definition) is 5. The number of nitrogens with two attached hydrogens (primary N) is 1. The van der Waals surface area contributed by atoms with Gasteiger partial charge < -0.3 is 26.2 Å². The minimum atomic E-state index is -0.187. The van der Waals surface area contributed by atoms with Crippen LogP contribution in [0.2, 0.25) is 0 Å². The second kappa shape index (κ2) is 13.3. The number of aliphatic imine (C=N–C) groups is 1. The second-order valence-electron chi connectivity index (χ2n) is 8.88. The van der Waals surface area contributed by atoms with Crippen molar-refractivity contribution in [2.24, 2.45) is 16.6 Å². The lowest BCUT2D eigenvalue weighted by Gasteiger charge is -2.32. The average Bonchev–Trinajstić information content (AvgIpc) is 3.09. The predicted octanol–water partition coefficient (Wildman–Crippen LogP) is 2.10. The smallest absolute Gasteiger partial charge is 0.220 e. The first-order chi connectivity index (χ1) is 15.7. The van der Waals surface area contributed by atoms with Gasteiger partial charge in [0.05, 0.1) is 6.54 Å². The van der Waals surface area contributed by atoms with E-state index in [-0.39, 0.29) is 11.8 Å². The van der Waals surface area contributed by atoms with Crippen molar-refractivity contribution in [2.45, 2.75) is 58.4 Å². The van der Waals surface area contributed by atoms with E-state index in [1.807, 2.05) is 12.3 Å². The van der Waals surface area contributed by atoms with Gasteiger partial charge in [0.2, 0.25) is 5.91 Å². The number of primary amides is 1. The highest BCUT2D eigenvalue weighted by Crippen LogP contribution is 2.24. The van der Waals surface area contributed by atoms with E-state index in [1.165, 1.54) is 38.8 Å². The van der Waals surface area contributed by atoms with Crippen molar-refractivity contribution in [1.29, 1.82) is 0 Å². The Morgan fingerprint density at radius 3 is 2.59 bits per heavy atom. The number of aromatic nitrogens is 1. The number of guanidine groups is 1. The van der Waals surface area contributed by atoms with E-state index in [4.69, 9.17) is 10.7 Å². The zero-order chi connectivity index (χ0) is 22.6. The first-order valence-electron chi connectivity index (χ1n) is 12.4. The summed E-state index contributed by atoms with van der Waals surface area (Å²) in [7, 11) is 0. The highest BCUT2D eigenvalue weighted by molar-refractivity contribution is 5.79. The molecule has 3 heterocycles. The fourth-order valence-electron chi connectivity index (χ4n) is 4.59. The molecule has 0 bridgehead atoms. The molecule has 0 atom stereocenters. The molecule has 2 aliphatic rings. The van der Waals surface area contributed by atoms with Crippen LogP contribution in [0.5, 0.6) is 0 Å². The van der Waals surface area contributed by atoms with Gasteiger partial charge in [-0.25, -0.2) is 9.98 Å². The number of amides is 1. The third-order valence-corrected chi connectivity index (χ3v) is 6.46. The highest BCUT2D eigenvalue weighted by Gasteiger charge is 2.24. The summed E-state index contributed by atoms with van der Waals surface area (Å²) < 4.78 is 0. The summed E-state index contributed by atoms with van der Waals surface area (Å²) in [5, 5.41) is 6.85. The Kier molecular flexibility index (Phi) is 10.1. The van der Waals surface area contributed by atoms with E-state index in [9.17, 15) is 4.79 Å². The molecule has 4 N–H and O–H groups in total. The number of likely N-dealkylation sites (tertiary alicyclic amines) is 1. The topological polar surface area (TPSA) is 98.9 Å². The standard InChI is InChI=1S/C24H41N7O/c1-2-26-24(28-13-8-16-30-14-5-3-4-6-15-30)29-19-21-9-7-12-27-23(21)31-17-10-20(11-18-31)22(25)32/h7,9,12,20H,2-6,8,10-11,13-19H2,1H3,(H2,25,32)(H2,26,28,29). The van der Waals surface area contributed by atoms with Crippen molar-refractivity contribution < 1.29 is 4.79 Å². The number of anilines is 1. The van der Waals surface area contributed by atoms with Gasteiger partial charge in [-0.05, 0) is 64.7 Å². The normalized spacial score (nSPS) is 18.9. The van der Waals surface area contributed by atoms with Gasteiger partial charge in [-0.2, -0.15) is 0 Å². The van der Waals surface area contributed by atoms with Crippen LogP contribution >= 0.6 is 0 Å². The maximum Gasteiger partial charge on any atom is 0.220 e. The van der Waals surface area contributed by atoms with E-state index < -0.39 is 0 Å². The molecule has 1 amide bonds. The van der Waals surface area contributed by atoms with Gasteiger partial charge in [-0.15, -0.1) is 0 Å². The summed E-state index contributed by atoms with van der Waals surface area (Å²) in [5.41, 5.74) is 6.59. The number of piperidine rings is 1. The van der Waals surface area contributed by atoms with E-state index in [0.29, 0.717) is 6.54 Å². The maximum absolute atomic E-state index is 11.5. The molecule has 1 aromatic rings. The van der Waals surface area contributed by atoms with Crippen LogP contribution in [-0.2, 0) is 11.3 Å². The number of carbonyl (C=O) groups excluding carboxylic acids is 1. The molecule has 3 rings (SSSR count). The van der Waals surface area contributed by atoms with Crippen molar-refractivity contribution >= 4 is 17.7 Å². The molecule has 8 nitrogen and oxygen atoms in total. The molecular formula is C24H41N7O. The monoisotopic (exact) mass is 443 g/mol. The Bertz CT molecular complexity index is 723. The number of nitrogens with zero attached hydrogens (tertiary/aromatic N) is 4. The molecule has 0 unspecified atom stereocenters. The molecule has 0 radical (unpaired) electrons. The zero-order valence-electron chi connectivity index (χ0n) is 19.7. The fraction of sp³-hybridized carbons (Fsp3) is 0.708. The third kappa shape index (κ3) is 7.65. The van der Waals surface area contributed by atoms with Crippen LogP contribution in [0.3, 0.4) is 0 Å². The van der Waals surface area contributed by atoms with Gasteiger partial charge in [0, 0.05) is 43.9 Å². The van der Waals surface area contributed by atoms with Crippen LogP contribution in [0.1, 0.15) is 57.4 Å². The van der Waals surface area contributed by atoms with Gasteiger partial charge in [0.1, 0.15) is 5.82 Å². The van der Waals surface area contributed by atoms with E-state index >= 15 is 0 Å². The summed E-state index contributed by atoms with van der Waals surface area (Å²) in [6.45, 7) is 9.66. The minimum Gasteiger partial charge on any atom is -0.369 e. The maximum atomic E-state index is 11.5. The van der Waals surface area contributed by atoms with Crippen LogP contribution in [0.15, 0.2) is 23.3 Å². The molecule has 0 spiro atoms. The number of rotatable bonds is 9. The number of carbonyl (C=O) groups is 1. The quantitative estimate of drug-likeness (QED) is 0.307. The van der Waals surface area contributed by atoms with E-state index in [1.54, 1.807) is 0 Å². The molecule has 1 aromatic heterocycles. The Labute approximate surface area is 193 Å². The molecule has 178 valence electrons. The van der Waals surface area contributed by atoms with Crippen molar-refractivity contribution in [3.8, 4) is 0 Å².